The number of benzene rings is 1. The molecule has 1 rings (SSSR count). The van der Waals surface area contributed by atoms with E-state index in [1.54, 1.807) is 12.1 Å². The van der Waals surface area contributed by atoms with Crippen molar-refractivity contribution in [2.45, 2.75) is 26.2 Å². The second-order valence-electron chi connectivity index (χ2n) is 3.89. The number of carbonyl (C=O) groups is 1. The third kappa shape index (κ3) is 4.01. The summed E-state index contributed by atoms with van der Waals surface area (Å²) in [5.41, 5.74) is 0.977. The van der Waals surface area contributed by atoms with E-state index in [4.69, 9.17) is 0 Å². The van der Waals surface area contributed by atoms with Crippen LogP contribution < -0.4 is 4.90 Å². The zero-order chi connectivity index (χ0) is 12.0. The van der Waals surface area contributed by atoms with Crippen molar-refractivity contribution in [1.82, 2.24) is 0 Å². The van der Waals surface area contributed by atoms with Gasteiger partial charge in [-0.05, 0) is 30.7 Å². The summed E-state index contributed by atoms with van der Waals surface area (Å²) in [6.07, 6.45) is 2.09. The highest BCUT2D eigenvalue weighted by Gasteiger charge is 2.02. The molecule has 0 saturated heterocycles. The van der Waals surface area contributed by atoms with Crippen LogP contribution in [0.5, 0.6) is 0 Å². The fraction of sp³-hybridized carbons (Fsp3) is 0.462. The molecule has 0 aliphatic carbocycles. The van der Waals surface area contributed by atoms with Gasteiger partial charge in [0.2, 0.25) is 0 Å². The first kappa shape index (κ1) is 12.7. The molecular formula is C13H18FNO. The number of anilines is 1. The van der Waals surface area contributed by atoms with E-state index in [0.717, 1.165) is 18.7 Å². The number of nitrogens with zero attached hydrogens (tertiary/aromatic N) is 1. The lowest BCUT2D eigenvalue weighted by Crippen LogP contribution is -2.19. The van der Waals surface area contributed by atoms with E-state index in [0.29, 0.717) is 18.6 Å². The number of Topliss-reactive ketones (excluding diaryl/α,β-unsaturated/α-hetero) is 1. The molecule has 0 saturated carbocycles. The zero-order valence-electron chi connectivity index (χ0n) is 9.87. The molecule has 0 aliphatic rings. The van der Waals surface area contributed by atoms with Crippen LogP contribution in [-0.2, 0) is 4.79 Å². The summed E-state index contributed by atoms with van der Waals surface area (Å²) in [5.74, 6) is 0.0748. The normalized spacial score (nSPS) is 10.2. The van der Waals surface area contributed by atoms with Crippen LogP contribution in [0.25, 0.3) is 0 Å². The summed E-state index contributed by atoms with van der Waals surface area (Å²) in [7, 11) is 1.95. The summed E-state index contributed by atoms with van der Waals surface area (Å²) >= 11 is 0. The van der Waals surface area contributed by atoms with Gasteiger partial charge in [0, 0.05) is 32.1 Å². The molecule has 2 nitrogen and oxygen atoms in total. The Labute approximate surface area is 96.1 Å². The van der Waals surface area contributed by atoms with E-state index >= 15 is 0 Å². The number of carbonyl (C=O) groups excluding carboxylic acids is 1. The van der Waals surface area contributed by atoms with E-state index in [1.165, 1.54) is 12.1 Å². The van der Waals surface area contributed by atoms with Crippen LogP contribution in [0, 0.1) is 5.82 Å². The molecule has 0 N–H and O–H groups in total. The summed E-state index contributed by atoms with van der Waals surface area (Å²) in [5, 5.41) is 0. The van der Waals surface area contributed by atoms with E-state index in [2.05, 4.69) is 0 Å². The summed E-state index contributed by atoms with van der Waals surface area (Å²) in [4.78, 5) is 13.1. The van der Waals surface area contributed by atoms with Crippen molar-refractivity contribution >= 4 is 11.5 Å². The number of rotatable bonds is 6. The Balaban J connectivity index is 2.37. The molecule has 0 aliphatic heterocycles. The van der Waals surface area contributed by atoms with Gasteiger partial charge in [0.25, 0.3) is 0 Å². The van der Waals surface area contributed by atoms with Gasteiger partial charge in [-0.2, -0.15) is 0 Å². The van der Waals surface area contributed by atoms with Crippen LogP contribution in [0.4, 0.5) is 10.1 Å². The highest BCUT2D eigenvalue weighted by atomic mass is 19.1. The summed E-state index contributed by atoms with van der Waals surface area (Å²) in [6, 6.07) is 6.39. The predicted molar refractivity (Wildman–Crippen MR) is 64.2 cm³/mol. The SMILES string of the molecule is CCC(=O)CCCN(C)c1ccc(F)cc1. The van der Waals surface area contributed by atoms with Crippen molar-refractivity contribution in [2.75, 3.05) is 18.5 Å². The molecule has 1 aromatic carbocycles. The fourth-order valence-corrected chi connectivity index (χ4v) is 1.51. The molecule has 3 heteroatoms. The Morgan fingerprint density at radius 1 is 1.31 bits per heavy atom. The van der Waals surface area contributed by atoms with Crippen LogP contribution in [0.15, 0.2) is 24.3 Å². The topological polar surface area (TPSA) is 20.3 Å². The molecular weight excluding hydrogens is 205 g/mol. The Morgan fingerprint density at radius 2 is 1.94 bits per heavy atom. The van der Waals surface area contributed by atoms with E-state index in [9.17, 15) is 9.18 Å². The third-order valence-corrected chi connectivity index (χ3v) is 2.61. The Morgan fingerprint density at radius 3 is 2.50 bits per heavy atom. The maximum absolute atomic E-state index is 12.7. The lowest BCUT2D eigenvalue weighted by molar-refractivity contribution is -0.118. The van der Waals surface area contributed by atoms with Crippen LogP contribution >= 0.6 is 0 Å². The van der Waals surface area contributed by atoms with E-state index in [-0.39, 0.29) is 5.82 Å². The van der Waals surface area contributed by atoms with Gasteiger partial charge in [-0.3, -0.25) is 4.79 Å². The van der Waals surface area contributed by atoms with Gasteiger partial charge in [0.15, 0.2) is 0 Å². The zero-order valence-corrected chi connectivity index (χ0v) is 9.87. The number of hydrogen-bond donors (Lipinski definition) is 0. The highest BCUT2D eigenvalue weighted by Crippen LogP contribution is 2.13. The van der Waals surface area contributed by atoms with Gasteiger partial charge in [0.05, 0.1) is 0 Å². The molecule has 0 aromatic heterocycles. The van der Waals surface area contributed by atoms with E-state index < -0.39 is 0 Å². The molecule has 0 atom stereocenters. The molecule has 1 aromatic rings. The molecule has 0 spiro atoms. The van der Waals surface area contributed by atoms with Crippen molar-refractivity contribution in [3.8, 4) is 0 Å². The molecule has 0 unspecified atom stereocenters. The number of halogens is 1. The number of hydrogen-bond acceptors (Lipinski definition) is 2. The predicted octanol–water partition coefficient (Wildman–Crippen LogP) is 3.02. The minimum atomic E-state index is -0.224. The van der Waals surface area contributed by atoms with Crippen molar-refractivity contribution in [1.29, 1.82) is 0 Å². The van der Waals surface area contributed by atoms with Gasteiger partial charge in [-0.25, -0.2) is 4.39 Å². The summed E-state index contributed by atoms with van der Waals surface area (Å²) in [6.45, 7) is 2.70. The maximum Gasteiger partial charge on any atom is 0.132 e. The van der Waals surface area contributed by atoms with Crippen molar-refractivity contribution in [3.05, 3.63) is 30.1 Å². The average molecular weight is 223 g/mol. The molecule has 16 heavy (non-hydrogen) atoms. The first-order chi connectivity index (χ1) is 7.63. The first-order valence-electron chi connectivity index (χ1n) is 5.62. The van der Waals surface area contributed by atoms with Crippen molar-refractivity contribution < 1.29 is 9.18 Å². The Hall–Kier alpha value is -1.38. The van der Waals surface area contributed by atoms with Gasteiger partial charge >= 0.3 is 0 Å². The van der Waals surface area contributed by atoms with Crippen LogP contribution in [0.2, 0.25) is 0 Å². The molecule has 0 heterocycles. The Bertz CT molecular complexity index is 334. The van der Waals surface area contributed by atoms with Gasteiger partial charge in [-0.15, -0.1) is 0 Å². The van der Waals surface area contributed by atoms with E-state index in [1.807, 2.05) is 18.9 Å². The quantitative estimate of drug-likeness (QED) is 0.738. The molecule has 0 amide bonds. The molecule has 0 radical (unpaired) electrons. The first-order valence-corrected chi connectivity index (χ1v) is 5.62. The number of ketones is 1. The minimum absolute atomic E-state index is 0.224. The largest absolute Gasteiger partial charge is 0.375 e. The van der Waals surface area contributed by atoms with Crippen molar-refractivity contribution in [2.24, 2.45) is 0 Å². The molecule has 88 valence electrons. The second kappa shape index (κ2) is 6.26. The lowest BCUT2D eigenvalue weighted by Gasteiger charge is -2.18. The van der Waals surface area contributed by atoms with Crippen LogP contribution in [-0.4, -0.2) is 19.4 Å². The van der Waals surface area contributed by atoms with Gasteiger partial charge in [0.1, 0.15) is 11.6 Å². The van der Waals surface area contributed by atoms with Crippen molar-refractivity contribution in [3.63, 3.8) is 0 Å². The fourth-order valence-electron chi connectivity index (χ4n) is 1.51. The highest BCUT2D eigenvalue weighted by molar-refractivity contribution is 5.77. The Kier molecular flexibility index (Phi) is 4.96. The maximum atomic E-state index is 12.7. The summed E-state index contributed by atoms with van der Waals surface area (Å²) < 4.78 is 12.7. The average Bonchev–Trinajstić information content (AvgIpc) is 2.29. The molecule has 0 bridgehead atoms. The minimum Gasteiger partial charge on any atom is -0.375 e. The van der Waals surface area contributed by atoms with Gasteiger partial charge in [-0.1, -0.05) is 6.92 Å². The van der Waals surface area contributed by atoms with Crippen LogP contribution in [0.1, 0.15) is 26.2 Å². The molecule has 0 fully saturated rings. The second-order valence-corrected chi connectivity index (χ2v) is 3.89. The standard InChI is InChI=1S/C13H18FNO/c1-3-13(16)5-4-10-15(2)12-8-6-11(14)7-9-12/h6-9H,3-5,10H2,1-2H3. The monoisotopic (exact) mass is 223 g/mol. The lowest BCUT2D eigenvalue weighted by atomic mass is 10.2. The third-order valence-electron chi connectivity index (χ3n) is 2.61. The van der Waals surface area contributed by atoms with Gasteiger partial charge < -0.3 is 4.90 Å². The smallest absolute Gasteiger partial charge is 0.132 e. The van der Waals surface area contributed by atoms with Crippen LogP contribution in [0.3, 0.4) is 0 Å².